The summed E-state index contributed by atoms with van der Waals surface area (Å²) in [5.41, 5.74) is 6.39. The molecule has 49 heavy (non-hydrogen) atoms. The van der Waals surface area contributed by atoms with Gasteiger partial charge in [-0.3, -0.25) is 4.98 Å². The highest BCUT2D eigenvalue weighted by molar-refractivity contribution is 6.15. The van der Waals surface area contributed by atoms with E-state index in [0.29, 0.717) is 17.5 Å². The molecule has 3 heterocycles. The number of fused-ring (bicyclic) bond motifs is 6. The molecule has 5 nitrogen and oxygen atoms in total. The van der Waals surface area contributed by atoms with E-state index in [4.69, 9.17) is 19.4 Å². The Kier molecular flexibility index (Phi) is 6.11. The van der Waals surface area contributed by atoms with E-state index in [1.807, 2.05) is 24.4 Å². The van der Waals surface area contributed by atoms with Gasteiger partial charge in [-0.25, -0.2) is 15.0 Å². The fourth-order valence-electron chi connectivity index (χ4n) is 6.96. The van der Waals surface area contributed by atoms with E-state index in [9.17, 15) is 0 Å². The molecule has 0 fully saturated rings. The van der Waals surface area contributed by atoms with Crippen molar-refractivity contribution in [1.29, 1.82) is 0 Å². The van der Waals surface area contributed by atoms with Crippen molar-refractivity contribution in [2.75, 3.05) is 0 Å². The molecule has 10 rings (SSSR count). The van der Waals surface area contributed by atoms with Crippen molar-refractivity contribution in [2.24, 2.45) is 0 Å². The molecular weight excluding hydrogens is 601 g/mol. The van der Waals surface area contributed by atoms with Gasteiger partial charge in [-0.1, -0.05) is 115 Å². The summed E-state index contributed by atoms with van der Waals surface area (Å²) in [5, 5.41) is 8.90. The lowest BCUT2D eigenvalue weighted by molar-refractivity contribution is 0.667. The standard InChI is InChI=1S/C44H26N4O/c1-3-11-29-21-32(19-17-27(29)9-1)42-46-43(33-20-18-28-10-2-4-12-30(28)22-33)48-44(47-42)34-23-31-13-5-6-14-35(31)37(24-34)38-25-45-26-40-41(38)36-15-7-8-16-39(36)49-40/h1-26H. The number of aromatic nitrogens is 4. The molecule has 0 aliphatic rings. The summed E-state index contributed by atoms with van der Waals surface area (Å²) in [6.07, 6.45) is 3.73. The fraction of sp³-hybridized carbons (Fsp3) is 0. The lowest BCUT2D eigenvalue weighted by atomic mass is 9.93. The van der Waals surface area contributed by atoms with Crippen LogP contribution in [0.2, 0.25) is 0 Å². The molecule has 0 saturated heterocycles. The highest BCUT2D eigenvalue weighted by atomic mass is 16.3. The summed E-state index contributed by atoms with van der Waals surface area (Å²) in [6, 6.07) is 50.4. The summed E-state index contributed by atoms with van der Waals surface area (Å²) in [7, 11) is 0. The Morgan fingerprint density at radius 2 is 0.898 bits per heavy atom. The van der Waals surface area contributed by atoms with Gasteiger partial charge in [0, 0.05) is 39.2 Å². The van der Waals surface area contributed by atoms with Gasteiger partial charge in [-0.05, 0) is 68.2 Å². The molecule has 0 aliphatic carbocycles. The molecule has 0 saturated carbocycles. The molecule has 3 aromatic heterocycles. The highest BCUT2D eigenvalue weighted by Gasteiger charge is 2.19. The van der Waals surface area contributed by atoms with Crippen LogP contribution in [0.25, 0.3) is 99.5 Å². The van der Waals surface area contributed by atoms with Crippen molar-refractivity contribution in [2.45, 2.75) is 0 Å². The maximum absolute atomic E-state index is 6.24. The van der Waals surface area contributed by atoms with Crippen molar-refractivity contribution < 1.29 is 4.42 Å². The van der Waals surface area contributed by atoms with Crippen LogP contribution in [-0.2, 0) is 0 Å². The number of rotatable bonds is 4. The largest absolute Gasteiger partial charge is 0.454 e. The third kappa shape index (κ3) is 4.63. The summed E-state index contributed by atoms with van der Waals surface area (Å²) >= 11 is 0. The molecule has 0 spiro atoms. The second-order valence-electron chi connectivity index (χ2n) is 12.3. The Balaban J connectivity index is 1.23. The Hall–Kier alpha value is -6.72. The number of pyridine rings is 1. The van der Waals surface area contributed by atoms with Crippen LogP contribution in [0.1, 0.15) is 0 Å². The van der Waals surface area contributed by atoms with Gasteiger partial charge in [0.1, 0.15) is 5.58 Å². The average Bonchev–Trinajstić information content (AvgIpc) is 3.56. The number of furan rings is 1. The topological polar surface area (TPSA) is 64.7 Å². The summed E-state index contributed by atoms with van der Waals surface area (Å²) in [6.45, 7) is 0. The van der Waals surface area contributed by atoms with Gasteiger partial charge in [0.15, 0.2) is 23.1 Å². The highest BCUT2D eigenvalue weighted by Crippen LogP contribution is 2.40. The monoisotopic (exact) mass is 626 g/mol. The molecule has 228 valence electrons. The van der Waals surface area contributed by atoms with Crippen LogP contribution in [0.4, 0.5) is 0 Å². The average molecular weight is 627 g/mol. The van der Waals surface area contributed by atoms with E-state index in [0.717, 1.165) is 71.3 Å². The maximum atomic E-state index is 6.24. The molecule has 7 aromatic carbocycles. The van der Waals surface area contributed by atoms with Crippen molar-refractivity contribution in [3.05, 3.63) is 158 Å². The van der Waals surface area contributed by atoms with Crippen molar-refractivity contribution in [3.63, 3.8) is 0 Å². The second-order valence-corrected chi connectivity index (χ2v) is 12.3. The third-order valence-corrected chi connectivity index (χ3v) is 9.35. The zero-order valence-electron chi connectivity index (χ0n) is 26.2. The summed E-state index contributed by atoms with van der Waals surface area (Å²) in [5.74, 6) is 1.85. The molecule has 0 aliphatic heterocycles. The first-order valence-electron chi connectivity index (χ1n) is 16.3. The fourth-order valence-corrected chi connectivity index (χ4v) is 6.96. The molecular formula is C44H26N4O. The first-order chi connectivity index (χ1) is 24.2. The SMILES string of the molecule is c1ccc2cc(-c3nc(-c4ccc5ccccc5c4)nc(-c4cc(-c5cncc6oc7ccccc7c56)c5ccccc5c4)n3)ccc2c1. The second kappa shape index (κ2) is 10.9. The van der Waals surface area contributed by atoms with Gasteiger partial charge in [0.2, 0.25) is 0 Å². The molecule has 5 heteroatoms. The van der Waals surface area contributed by atoms with Crippen LogP contribution in [0.5, 0.6) is 0 Å². The van der Waals surface area contributed by atoms with Gasteiger partial charge >= 0.3 is 0 Å². The zero-order chi connectivity index (χ0) is 32.3. The quantitative estimate of drug-likeness (QED) is 0.194. The molecule has 0 radical (unpaired) electrons. The number of para-hydroxylation sites is 1. The van der Waals surface area contributed by atoms with Gasteiger partial charge in [-0.15, -0.1) is 0 Å². The predicted octanol–water partition coefficient (Wildman–Crippen LogP) is 11.3. The number of nitrogens with zero attached hydrogens (tertiary/aromatic N) is 4. The van der Waals surface area contributed by atoms with Crippen molar-refractivity contribution >= 4 is 54.3 Å². The Labute approximate surface area is 281 Å². The van der Waals surface area contributed by atoms with Crippen LogP contribution >= 0.6 is 0 Å². The summed E-state index contributed by atoms with van der Waals surface area (Å²) < 4.78 is 6.24. The minimum atomic E-state index is 0.602. The van der Waals surface area contributed by atoms with Gasteiger partial charge in [-0.2, -0.15) is 0 Å². The Bertz CT molecular complexity index is 2810. The Morgan fingerprint density at radius 1 is 0.367 bits per heavy atom. The van der Waals surface area contributed by atoms with Gasteiger partial charge in [0.25, 0.3) is 0 Å². The normalized spacial score (nSPS) is 11.7. The molecule has 0 unspecified atom stereocenters. The number of hydrogen-bond donors (Lipinski definition) is 0. The van der Waals surface area contributed by atoms with E-state index < -0.39 is 0 Å². The molecule has 0 amide bonds. The first kappa shape index (κ1) is 27.4. The van der Waals surface area contributed by atoms with Crippen LogP contribution < -0.4 is 0 Å². The number of hydrogen-bond acceptors (Lipinski definition) is 5. The zero-order valence-corrected chi connectivity index (χ0v) is 26.2. The lowest BCUT2D eigenvalue weighted by Crippen LogP contribution is -2.00. The lowest BCUT2D eigenvalue weighted by Gasteiger charge is -2.13. The summed E-state index contributed by atoms with van der Waals surface area (Å²) in [4.78, 5) is 20.0. The number of benzene rings is 7. The molecule has 0 bridgehead atoms. The maximum Gasteiger partial charge on any atom is 0.164 e. The minimum Gasteiger partial charge on any atom is -0.454 e. The van der Waals surface area contributed by atoms with Crippen LogP contribution in [0.15, 0.2) is 162 Å². The third-order valence-electron chi connectivity index (χ3n) is 9.35. The van der Waals surface area contributed by atoms with Crippen LogP contribution in [-0.4, -0.2) is 19.9 Å². The first-order valence-corrected chi connectivity index (χ1v) is 16.3. The van der Waals surface area contributed by atoms with Gasteiger partial charge in [0.05, 0.1) is 6.20 Å². The van der Waals surface area contributed by atoms with Crippen molar-refractivity contribution in [1.82, 2.24) is 19.9 Å². The molecule has 10 aromatic rings. The van der Waals surface area contributed by atoms with E-state index in [1.54, 1.807) is 6.20 Å². The van der Waals surface area contributed by atoms with E-state index in [-0.39, 0.29) is 0 Å². The van der Waals surface area contributed by atoms with E-state index >= 15 is 0 Å². The molecule has 0 N–H and O–H groups in total. The smallest absolute Gasteiger partial charge is 0.164 e. The molecule has 0 atom stereocenters. The Morgan fingerprint density at radius 3 is 1.57 bits per heavy atom. The minimum absolute atomic E-state index is 0.602. The van der Waals surface area contributed by atoms with E-state index in [2.05, 4.69) is 132 Å². The van der Waals surface area contributed by atoms with Crippen LogP contribution in [0.3, 0.4) is 0 Å². The predicted molar refractivity (Wildman–Crippen MR) is 199 cm³/mol. The van der Waals surface area contributed by atoms with Crippen molar-refractivity contribution in [3.8, 4) is 45.3 Å². The van der Waals surface area contributed by atoms with Gasteiger partial charge < -0.3 is 4.42 Å². The van der Waals surface area contributed by atoms with Crippen LogP contribution in [0, 0.1) is 0 Å². The van der Waals surface area contributed by atoms with E-state index in [1.165, 1.54) is 10.8 Å².